The first-order valence-electron chi connectivity index (χ1n) is 8.80. The van der Waals surface area contributed by atoms with Gasteiger partial charge in [0, 0.05) is 12.6 Å². The van der Waals surface area contributed by atoms with E-state index in [0.29, 0.717) is 30.7 Å². The Morgan fingerprint density at radius 1 is 1.08 bits per heavy atom. The summed E-state index contributed by atoms with van der Waals surface area (Å²) in [6, 6.07) is 14.3. The zero-order chi connectivity index (χ0) is 17.8. The monoisotopic (exact) mass is 351 g/mol. The van der Waals surface area contributed by atoms with E-state index in [0.717, 1.165) is 25.1 Å². The van der Waals surface area contributed by atoms with Gasteiger partial charge in [-0.1, -0.05) is 30.3 Å². The van der Waals surface area contributed by atoms with Crippen LogP contribution in [-0.2, 0) is 19.6 Å². The number of oxazole rings is 1. The van der Waals surface area contributed by atoms with E-state index in [-0.39, 0.29) is 5.91 Å². The number of hydrogen-bond donors (Lipinski definition) is 1. The van der Waals surface area contributed by atoms with Crippen molar-refractivity contribution in [3.8, 4) is 0 Å². The molecule has 1 aliphatic rings. The van der Waals surface area contributed by atoms with Crippen molar-refractivity contribution in [1.82, 2.24) is 15.2 Å². The van der Waals surface area contributed by atoms with E-state index in [4.69, 9.17) is 8.83 Å². The van der Waals surface area contributed by atoms with E-state index in [1.807, 2.05) is 30.3 Å². The van der Waals surface area contributed by atoms with Crippen LogP contribution in [-0.4, -0.2) is 21.8 Å². The quantitative estimate of drug-likeness (QED) is 0.674. The van der Waals surface area contributed by atoms with Crippen LogP contribution in [0.4, 0.5) is 0 Å². The molecule has 0 saturated heterocycles. The third-order valence-electron chi connectivity index (χ3n) is 4.26. The first-order chi connectivity index (χ1) is 12.8. The molecular formula is C20H21N3O3. The van der Waals surface area contributed by atoms with Gasteiger partial charge >= 0.3 is 0 Å². The van der Waals surface area contributed by atoms with E-state index in [2.05, 4.69) is 27.3 Å². The molecule has 2 aromatic heterocycles. The van der Waals surface area contributed by atoms with Crippen molar-refractivity contribution in [2.45, 2.75) is 38.5 Å². The Labute approximate surface area is 151 Å². The maximum atomic E-state index is 12.1. The molecule has 134 valence electrons. The molecule has 2 heterocycles. The van der Waals surface area contributed by atoms with Gasteiger partial charge in [0.05, 0.1) is 19.4 Å². The second-order valence-electron chi connectivity index (χ2n) is 6.58. The number of amides is 1. The molecule has 0 bridgehead atoms. The third-order valence-corrected chi connectivity index (χ3v) is 4.26. The minimum absolute atomic E-state index is 0.164. The van der Waals surface area contributed by atoms with Crippen molar-refractivity contribution < 1.29 is 13.6 Å². The lowest BCUT2D eigenvalue weighted by Gasteiger charge is -2.19. The Morgan fingerprint density at radius 3 is 2.65 bits per heavy atom. The van der Waals surface area contributed by atoms with Gasteiger partial charge in [-0.3, -0.25) is 9.69 Å². The van der Waals surface area contributed by atoms with Crippen molar-refractivity contribution >= 4 is 5.91 Å². The molecule has 0 spiro atoms. The number of rotatable bonds is 8. The van der Waals surface area contributed by atoms with Crippen LogP contribution in [0.25, 0.3) is 0 Å². The van der Waals surface area contributed by atoms with Gasteiger partial charge in [0.2, 0.25) is 5.89 Å². The Kier molecular flexibility index (Phi) is 4.84. The lowest BCUT2D eigenvalue weighted by atomic mass is 10.2. The van der Waals surface area contributed by atoms with Gasteiger partial charge in [0.25, 0.3) is 5.91 Å². The molecule has 0 radical (unpaired) electrons. The predicted octanol–water partition coefficient (Wildman–Crippen LogP) is 3.36. The summed E-state index contributed by atoms with van der Waals surface area (Å²) in [5.74, 6) is 1.23. The van der Waals surface area contributed by atoms with Gasteiger partial charge in [-0.05, 0) is 30.5 Å². The first-order valence-corrected chi connectivity index (χ1v) is 8.80. The SMILES string of the molecule is O=C(NC1CC1)c1coc(CN(Cc2ccccc2)Cc2ccco2)n1. The minimum atomic E-state index is -0.164. The van der Waals surface area contributed by atoms with Crippen LogP contribution >= 0.6 is 0 Å². The number of benzene rings is 1. The molecule has 0 aliphatic heterocycles. The first kappa shape index (κ1) is 16.6. The molecule has 1 aliphatic carbocycles. The molecule has 6 heteroatoms. The van der Waals surface area contributed by atoms with Crippen LogP contribution < -0.4 is 5.32 Å². The summed E-state index contributed by atoms with van der Waals surface area (Å²) >= 11 is 0. The highest BCUT2D eigenvalue weighted by Crippen LogP contribution is 2.19. The predicted molar refractivity (Wildman–Crippen MR) is 95.1 cm³/mol. The molecule has 0 unspecified atom stereocenters. The van der Waals surface area contributed by atoms with Crippen molar-refractivity contribution in [2.75, 3.05) is 0 Å². The Bertz CT molecular complexity index is 838. The zero-order valence-electron chi connectivity index (χ0n) is 14.4. The number of nitrogens with one attached hydrogen (secondary N) is 1. The van der Waals surface area contributed by atoms with Crippen molar-refractivity contribution in [3.05, 3.63) is 77.9 Å². The topological polar surface area (TPSA) is 71.5 Å². The second-order valence-corrected chi connectivity index (χ2v) is 6.58. The van der Waals surface area contributed by atoms with Gasteiger partial charge < -0.3 is 14.2 Å². The van der Waals surface area contributed by atoms with Crippen LogP contribution in [0.5, 0.6) is 0 Å². The molecule has 1 fully saturated rings. The lowest BCUT2D eigenvalue weighted by molar-refractivity contribution is 0.0946. The Hall–Kier alpha value is -2.86. The summed E-state index contributed by atoms with van der Waals surface area (Å²) in [5, 5.41) is 2.92. The zero-order valence-corrected chi connectivity index (χ0v) is 14.4. The number of aromatic nitrogens is 1. The molecule has 4 rings (SSSR count). The van der Waals surface area contributed by atoms with Crippen LogP contribution in [0.15, 0.2) is 63.8 Å². The second kappa shape index (κ2) is 7.58. The summed E-state index contributed by atoms with van der Waals surface area (Å²) in [4.78, 5) is 18.6. The molecule has 1 N–H and O–H groups in total. The normalized spacial score (nSPS) is 13.9. The number of carbonyl (C=O) groups excluding carboxylic acids is 1. The largest absolute Gasteiger partial charge is 0.468 e. The molecule has 3 aromatic rings. The van der Waals surface area contributed by atoms with Crippen LogP contribution in [0.2, 0.25) is 0 Å². The van der Waals surface area contributed by atoms with E-state index < -0.39 is 0 Å². The molecule has 1 saturated carbocycles. The molecule has 1 amide bonds. The van der Waals surface area contributed by atoms with Crippen LogP contribution in [0.3, 0.4) is 0 Å². The van der Waals surface area contributed by atoms with E-state index >= 15 is 0 Å². The van der Waals surface area contributed by atoms with E-state index in [9.17, 15) is 4.79 Å². The van der Waals surface area contributed by atoms with Gasteiger partial charge in [0.15, 0.2) is 5.69 Å². The average Bonchev–Trinajstić information content (AvgIpc) is 3.10. The van der Waals surface area contributed by atoms with Crippen molar-refractivity contribution in [2.24, 2.45) is 0 Å². The molecule has 0 atom stereocenters. The number of furan rings is 1. The summed E-state index contributed by atoms with van der Waals surface area (Å²) in [7, 11) is 0. The molecule has 1 aromatic carbocycles. The highest BCUT2D eigenvalue weighted by Gasteiger charge is 2.25. The maximum absolute atomic E-state index is 12.1. The number of nitrogens with zero attached hydrogens (tertiary/aromatic N) is 2. The number of carbonyl (C=O) groups is 1. The smallest absolute Gasteiger partial charge is 0.273 e. The van der Waals surface area contributed by atoms with Gasteiger partial charge in [-0.15, -0.1) is 0 Å². The van der Waals surface area contributed by atoms with Gasteiger partial charge in [-0.25, -0.2) is 4.98 Å². The average molecular weight is 351 g/mol. The lowest BCUT2D eigenvalue weighted by Crippen LogP contribution is -2.26. The fourth-order valence-corrected chi connectivity index (χ4v) is 2.80. The molecular weight excluding hydrogens is 330 g/mol. The van der Waals surface area contributed by atoms with E-state index in [1.165, 1.54) is 11.8 Å². The highest BCUT2D eigenvalue weighted by molar-refractivity contribution is 5.92. The maximum Gasteiger partial charge on any atom is 0.273 e. The van der Waals surface area contributed by atoms with Crippen LogP contribution in [0.1, 0.15) is 40.5 Å². The fourth-order valence-electron chi connectivity index (χ4n) is 2.80. The van der Waals surface area contributed by atoms with Crippen molar-refractivity contribution in [3.63, 3.8) is 0 Å². The number of hydrogen-bond acceptors (Lipinski definition) is 5. The highest BCUT2D eigenvalue weighted by atomic mass is 16.3. The summed E-state index contributed by atoms with van der Waals surface area (Å²) in [6.45, 7) is 1.85. The Balaban J connectivity index is 1.45. The van der Waals surface area contributed by atoms with E-state index in [1.54, 1.807) is 6.26 Å². The Morgan fingerprint density at radius 2 is 1.92 bits per heavy atom. The summed E-state index contributed by atoms with van der Waals surface area (Å²) < 4.78 is 11.0. The third kappa shape index (κ3) is 4.40. The summed E-state index contributed by atoms with van der Waals surface area (Å²) in [6.07, 6.45) is 5.19. The van der Waals surface area contributed by atoms with Gasteiger partial charge in [0.1, 0.15) is 12.0 Å². The molecule has 6 nitrogen and oxygen atoms in total. The van der Waals surface area contributed by atoms with Crippen molar-refractivity contribution in [1.29, 1.82) is 0 Å². The fraction of sp³-hybridized carbons (Fsp3) is 0.300. The standard InChI is InChI=1S/C20H21N3O3/c24-20(21-16-8-9-16)18-14-26-19(22-18)13-23(12-17-7-4-10-25-17)11-15-5-2-1-3-6-15/h1-7,10,14,16H,8-9,11-13H2,(H,21,24). The minimum Gasteiger partial charge on any atom is -0.468 e. The summed E-state index contributed by atoms with van der Waals surface area (Å²) in [5.41, 5.74) is 1.53. The molecule has 26 heavy (non-hydrogen) atoms. The van der Waals surface area contributed by atoms with Gasteiger partial charge in [-0.2, -0.15) is 0 Å². The van der Waals surface area contributed by atoms with Crippen LogP contribution in [0, 0.1) is 0 Å².